The molecule has 0 aromatic heterocycles. The van der Waals surface area contributed by atoms with Gasteiger partial charge in [-0.05, 0) is 55.9 Å². The molecule has 1 saturated carbocycles. The van der Waals surface area contributed by atoms with Crippen molar-refractivity contribution >= 4 is 23.4 Å². The number of nitrogens with two attached hydrogens (primary N) is 1. The van der Waals surface area contributed by atoms with E-state index in [9.17, 15) is 0 Å². The predicted molar refractivity (Wildman–Crippen MR) is 76.7 cm³/mol. The molecule has 17 heavy (non-hydrogen) atoms. The maximum atomic E-state index is 6.01. The summed E-state index contributed by atoms with van der Waals surface area (Å²) >= 11 is 7.85. The highest BCUT2D eigenvalue weighted by Gasteiger charge is 2.33. The highest BCUT2D eigenvalue weighted by molar-refractivity contribution is 8.00. The van der Waals surface area contributed by atoms with Gasteiger partial charge in [-0.15, -0.1) is 11.8 Å². The maximum Gasteiger partial charge on any atom is 0.0406 e. The molecule has 0 amide bonds. The van der Waals surface area contributed by atoms with Crippen LogP contribution in [0.25, 0.3) is 0 Å². The lowest BCUT2D eigenvalue weighted by atomic mass is 9.82. The Morgan fingerprint density at radius 1 is 1.29 bits per heavy atom. The third-order valence-electron chi connectivity index (χ3n) is 3.71. The van der Waals surface area contributed by atoms with E-state index in [0.717, 1.165) is 17.5 Å². The number of halogens is 1. The molecule has 1 fully saturated rings. The zero-order chi connectivity index (χ0) is 12.3. The van der Waals surface area contributed by atoms with Gasteiger partial charge < -0.3 is 5.73 Å². The average Bonchev–Trinajstić information content (AvgIpc) is 2.35. The van der Waals surface area contributed by atoms with Crippen molar-refractivity contribution in [2.75, 3.05) is 6.54 Å². The van der Waals surface area contributed by atoms with Crippen LogP contribution in [0.3, 0.4) is 0 Å². The number of benzene rings is 1. The van der Waals surface area contributed by atoms with E-state index in [0.29, 0.717) is 0 Å². The lowest BCUT2D eigenvalue weighted by Crippen LogP contribution is -2.37. The van der Waals surface area contributed by atoms with Gasteiger partial charge in [-0.2, -0.15) is 0 Å². The summed E-state index contributed by atoms with van der Waals surface area (Å²) in [7, 11) is 0. The van der Waals surface area contributed by atoms with Gasteiger partial charge >= 0.3 is 0 Å². The second kappa shape index (κ2) is 5.64. The molecule has 0 heterocycles. The summed E-state index contributed by atoms with van der Waals surface area (Å²) in [6.07, 6.45) is 5.07. The highest BCUT2D eigenvalue weighted by Crippen LogP contribution is 2.44. The Hall–Kier alpha value is -0.180. The Morgan fingerprint density at radius 2 is 1.88 bits per heavy atom. The Labute approximate surface area is 113 Å². The SMILES string of the molecule is CC1CCC(CN)(Sc2ccc(Cl)cc2)CC1. The predicted octanol–water partition coefficient (Wildman–Crippen LogP) is 4.34. The van der Waals surface area contributed by atoms with Crippen LogP contribution in [0.15, 0.2) is 29.2 Å². The first-order valence-corrected chi connectivity index (χ1v) is 7.48. The molecule has 0 bridgehead atoms. The first-order chi connectivity index (χ1) is 8.13. The Bertz CT molecular complexity index is 355. The van der Waals surface area contributed by atoms with Crippen LogP contribution in [0.2, 0.25) is 5.02 Å². The quantitative estimate of drug-likeness (QED) is 0.883. The van der Waals surface area contributed by atoms with E-state index in [2.05, 4.69) is 19.1 Å². The second-order valence-corrected chi connectivity index (χ2v) is 7.10. The van der Waals surface area contributed by atoms with Gasteiger partial charge in [-0.25, -0.2) is 0 Å². The van der Waals surface area contributed by atoms with Crippen LogP contribution in [0.5, 0.6) is 0 Å². The molecule has 1 aliphatic rings. The largest absolute Gasteiger partial charge is 0.329 e. The molecule has 94 valence electrons. The van der Waals surface area contributed by atoms with Gasteiger partial charge in [0.1, 0.15) is 0 Å². The molecular weight excluding hydrogens is 250 g/mol. The summed E-state index contributed by atoms with van der Waals surface area (Å²) in [6.45, 7) is 3.11. The van der Waals surface area contributed by atoms with Crippen LogP contribution in [0, 0.1) is 5.92 Å². The molecular formula is C14H20ClNS. The zero-order valence-electron chi connectivity index (χ0n) is 10.3. The van der Waals surface area contributed by atoms with Crippen molar-refractivity contribution in [1.29, 1.82) is 0 Å². The number of hydrogen-bond acceptors (Lipinski definition) is 2. The topological polar surface area (TPSA) is 26.0 Å². The van der Waals surface area contributed by atoms with Crippen molar-refractivity contribution in [2.24, 2.45) is 11.7 Å². The average molecular weight is 270 g/mol. The van der Waals surface area contributed by atoms with Gasteiger partial charge in [0, 0.05) is 21.2 Å². The van der Waals surface area contributed by atoms with E-state index >= 15 is 0 Å². The van der Waals surface area contributed by atoms with E-state index in [1.807, 2.05) is 23.9 Å². The molecule has 1 aromatic carbocycles. The number of rotatable bonds is 3. The van der Waals surface area contributed by atoms with E-state index in [4.69, 9.17) is 17.3 Å². The van der Waals surface area contributed by atoms with Gasteiger partial charge in [-0.1, -0.05) is 18.5 Å². The molecule has 0 unspecified atom stereocenters. The third kappa shape index (κ3) is 3.40. The first kappa shape index (κ1) is 13.3. The second-order valence-electron chi connectivity index (χ2n) is 5.13. The molecule has 0 spiro atoms. The third-order valence-corrected chi connectivity index (χ3v) is 5.47. The zero-order valence-corrected chi connectivity index (χ0v) is 11.9. The highest BCUT2D eigenvalue weighted by atomic mass is 35.5. The maximum absolute atomic E-state index is 6.01. The summed E-state index contributed by atoms with van der Waals surface area (Å²) in [6, 6.07) is 8.12. The first-order valence-electron chi connectivity index (χ1n) is 6.28. The molecule has 3 heteroatoms. The van der Waals surface area contributed by atoms with Crippen LogP contribution >= 0.6 is 23.4 Å². The normalized spacial score (nSPS) is 29.2. The molecule has 1 nitrogen and oxygen atoms in total. The van der Waals surface area contributed by atoms with Gasteiger partial charge in [0.25, 0.3) is 0 Å². The van der Waals surface area contributed by atoms with Crippen LogP contribution < -0.4 is 5.73 Å². The Kier molecular flexibility index (Phi) is 4.40. The lowest BCUT2D eigenvalue weighted by Gasteiger charge is -2.38. The summed E-state index contributed by atoms with van der Waals surface area (Å²) in [5.41, 5.74) is 6.01. The molecule has 0 atom stereocenters. The fourth-order valence-electron chi connectivity index (χ4n) is 2.39. The summed E-state index contributed by atoms with van der Waals surface area (Å²) in [5, 5.41) is 0.799. The van der Waals surface area contributed by atoms with Crippen LogP contribution in [-0.2, 0) is 0 Å². The molecule has 0 saturated heterocycles. The monoisotopic (exact) mass is 269 g/mol. The molecule has 0 radical (unpaired) electrons. The minimum absolute atomic E-state index is 0.250. The van der Waals surface area contributed by atoms with Gasteiger partial charge in [0.05, 0.1) is 0 Å². The Morgan fingerprint density at radius 3 is 2.41 bits per heavy atom. The minimum atomic E-state index is 0.250. The van der Waals surface area contributed by atoms with Crippen molar-refractivity contribution in [3.8, 4) is 0 Å². The molecule has 0 aliphatic heterocycles. The van der Waals surface area contributed by atoms with Gasteiger partial charge in [0.2, 0.25) is 0 Å². The van der Waals surface area contributed by atoms with E-state index in [-0.39, 0.29) is 4.75 Å². The summed E-state index contributed by atoms with van der Waals surface area (Å²) < 4.78 is 0.250. The fourth-order valence-corrected chi connectivity index (χ4v) is 3.81. The van der Waals surface area contributed by atoms with Crippen LogP contribution in [0.1, 0.15) is 32.6 Å². The van der Waals surface area contributed by atoms with Crippen molar-refractivity contribution in [2.45, 2.75) is 42.2 Å². The van der Waals surface area contributed by atoms with Crippen LogP contribution in [-0.4, -0.2) is 11.3 Å². The summed E-state index contributed by atoms with van der Waals surface area (Å²) in [5.74, 6) is 0.862. The van der Waals surface area contributed by atoms with Crippen molar-refractivity contribution < 1.29 is 0 Å². The number of hydrogen-bond donors (Lipinski definition) is 1. The number of thioether (sulfide) groups is 1. The van der Waals surface area contributed by atoms with Gasteiger partial charge in [-0.3, -0.25) is 0 Å². The van der Waals surface area contributed by atoms with E-state index < -0.39 is 0 Å². The van der Waals surface area contributed by atoms with Crippen molar-refractivity contribution in [3.63, 3.8) is 0 Å². The van der Waals surface area contributed by atoms with Crippen molar-refractivity contribution in [1.82, 2.24) is 0 Å². The lowest BCUT2D eigenvalue weighted by molar-refractivity contribution is 0.323. The Balaban J connectivity index is 2.06. The van der Waals surface area contributed by atoms with Crippen molar-refractivity contribution in [3.05, 3.63) is 29.3 Å². The van der Waals surface area contributed by atoms with E-state index in [1.165, 1.54) is 30.6 Å². The van der Waals surface area contributed by atoms with Crippen LogP contribution in [0.4, 0.5) is 0 Å². The minimum Gasteiger partial charge on any atom is -0.329 e. The molecule has 1 aliphatic carbocycles. The summed E-state index contributed by atoms with van der Waals surface area (Å²) in [4.78, 5) is 1.29. The smallest absolute Gasteiger partial charge is 0.0406 e. The molecule has 2 rings (SSSR count). The fraction of sp³-hybridized carbons (Fsp3) is 0.571. The standard InChI is InChI=1S/C14H20ClNS/c1-11-6-8-14(10-16,9-7-11)17-13-4-2-12(15)3-5-13/h2-5,11H,6-10,16H2,1H3. The van der Waals surface area contributed by atoms with E-state index in [1.54, 1.807) is 0 Å². The van der Waals surface area contributed by atoms with Gasteiger partial charge in [0.15, 0.2) is 0 Å². The molecule has 1 aromatic rings. The molecule has 2 N–H and O–H groups in total.